The van der Waals surface area contributed by atoms with E-state index in [9.17, 15) is 25.5 Å². The maximum atomic E-state index is 10.2. The summed E-state index contributed by atoms with van der Waals surface area (Å²) in [5.74, 6) is 0.315. The van der Waals surface area contributed by atoms with E-state index in [0.717, 1.165) is 37.7 Å². The van der Waals surface area contributed by atoms with Crippen molar-refractivity contribution in [3.63, 3.8) is 0 Å². The lowest BCUT2D eigenvalue weighted by molar-refractivity contribution is -0.148. The number of hydrogen-bond acceptors (Lipinski definition) is 7. The molecular formula is C21H38O7. The summed E-state index contributed by atoms with van der Waals surface area (Å²) >= 11 is 0. The third kappa shape index (κ3) is 4.46. The molecular weight excluding hydrogens is 364 g/mol. The van der Waals surface area contributed by atoms with Gasteiger partial charge >= 0.3 is 0 Å². The maximum absolute atomic E-state index is 10.2. The van der Waals surface area contributed by atoms with E-state index in [-0.39, 0.29) is 24.0 Å². The Morgan fingerprint density at radius 3 is 2.25 bits per heavy atom. The van der Waals surface area contributed by atoms with E-state index < -0.39 is 37.6 Å². The normalized spacial score (nSPS) is 35.2. The summed E-state index contributed by atoms with van der Waals surface area (Å²) in [6, 6.07) is 0. The molecule has 1 fully saturated rings. The monoisotopic (exact) mass is 402 g/mol. The molecule has 2 aliphatic carbocycles. The molecule has 0 aliphatic heterocycles. The number of hydrogen-bond donors (Lipinski definition) is 6. The van der Waals surface area contributed by atoms with Gasteiger partial charge in [-0.2, -0.15) is 0 Å². The Morgan fingerprint density at radius 2 is 1.68 bits per heavy atom. The van der Waals surface area contributed by atoms with E-state index in [1.807, 2.05) is 0 Å². The topological polar surface area (TPSA) is 131 Å². The zero-order valence-electron chi connectivity index (χ0n) is 17.3. The Balaban J connectivity index is 2.25. The average molecular weight is 403 g/mol. The van der Waals surface area contributed by atoms with Crippen molar-refractivity contribution >= 4 is 0 Å². The van der Waals surface area contributed by atoms with Crippen LogP contribution in [0.4, 0.5) is 0 Å². The van der Waals surface area contributed by atoms with Gasteiger partial charge in [0, 0.05) is 6.61 Å². The summed E-state index contributed by atoms with van der Waals surface area (Å²) in [4.78, 5) is 0. The summed E-state index contributed by atoms with van der Waals surface area (Å²) in [5, 5.41) is 58.5. The molecule has 0 heterocycles. The molecule has 0 spiro atoms. The molecule has 7 atom stereocenters. The molecule has 6 N–H and O–H groups in total. The molecule has 0 amide bonds. The van der Waals surface area contributed by atoms with Crippen LogP contribution in [0.5, 0.6) is 0 Å². The zero-order valence-corrected chi connectivity index (χ0v) is 17.3. The third-order valence-corrected chi connectivity index (χ3v) is 7.33. The van der Waals surface area contributed by atoms with Crippen LogP contribution in [0.2, 0.25) is 0 Å². The molecule has 7 heteroatoms. The van der Waals surface area contributed by atoms with E-state index in [1.165, 1.54) is 5.57 Å². The average Bonchev–Trinajstić information content (AvgIpc) is 2.68. The second-order valence-electron chi connectivity index (χ2n) is 9.20. The molecule has 0 aromatic rings. The molecule has 0 radical (unpaired) electrons. The Labute approximate surface area is 167 Å². The standard InChI is InChI=1S/C21H38O7/c1-13-5-6-17-20(2,12-24)7-4-8-21(17,3)14(13)11-28-19(16(26)10-23)18(27)15(25)9-22/h15-19,22-27H,4-12H2,1-3H3. The number of ether oxygens (including phenoxy) is 1. The molecule has 7 nitrogen and oxygen atoms in total. The summed E-state index contributed by atoms with van der Waals surface area (Å²) in [5.41, 5.74) is 2.04. The highest BCUT2D eigenvalue weighted by molar-refractivity contribution is 5.28. The Hall–Kier alpha value is -0.540. The second kappa shape index (κ2) is 9.51. The molecule has 1 saturated carbocycles. The van der Waals surface area contributed by atoms with Gasteiger partial charge in [-0.3, -0.25) is 0 Å². The fraction of sp³-hybridized carbons (Fsp3) is 0.905. The van der Waals surface area contributed by atoms with Crippen LogP contribution in [0, 0.1) is 16.7 Å². The Morgan fingerprint density at radius 1 is 1.04 bits per heavy atom. The molecule has 2 rings (SSSR count). The van der Waals surface area contributed by atoms with Gasteiger partial charge in [-0.25, -0.2) is 0 Å². The highest BCUT2D eigenvalue weighted by Crippen LogP contribution is 2.59. The van der Waals surface area contributed by atoms with Crippen LogP contribution in [-0.2, 0) is 4.74 Å². The van der Waals surface area contributed by atoms with Crippen molar-refractivity contribution in [3.05, 3.63) is 11.1 Å². The molecule has 0 aromatic heterocycles. The van der Waals surface area contributed by atoms with Crippen molar-refractivity contribution < 1.29 is 35.4 Å². The van der Waals surface area contributed by atoms with Crippen LogP contribution in [-0.4, -0.2) is 81.5 Å². The minimum atomic E-state index is -1.52. The summed E-state index contributed by atoms with van der Waals surface area (Å²) in [6.07, 6.45) is -0.681. The van der Waals surface area contributed by atoms with Gasteiger partial charge in [0.2, 0.25) is 0 Å². The lowest BCUT2D eigenvalue weighted by Gasteiger charge is -2.55. The number of rotatable bonds is 9. The first-order chi connectivity index (χ1) is 13.1. The smallest absolute Gasteiger partial charge is 0.114 e. The van der Waals surface area contributed by atoms with Gasteiger partial charge in [0.15, 0.2) is 0 Å². The van der Waals surface area contributed by atoms with Gasteiger partial charge in [0.25, 0.3) is 0 Å². The Kier molecular flexibility index (Phi) is 8.06. The summed E-state index contributed by atoms with van der Waals surface area (Å²) in [6.45, 7) is 5.44. The van der Waals surface area contributed by atoms with E-state index in [0.29, 0.717) is 5.92 Å². The maximum Gasteiger partial charge on any atom is 0.114 e. The number of aliphatic hydroxyl groups excluding tert-OH is 6. The van der Waals surface area contributed by atoms with E-state index in [2.05, 4.69) is 20.8 Å². The van der Waals surface area contributed by atoms with Crippen molar-refractivity contribution in [2.75, 3.05) is 26.4 Å². The predicted molar refractivity (Wildman–Crippen MR) is 105 cm³/mol. The third-order valence-electron chi connectivity index (χ3n) is 7.33. The lowest BCUT2D eigenvalue weighted by Crippen LogP contribution is -2.51. The van der Waals surface area contributed by atoms with Crippen LogP contribution >= 0.6 is 0 Å². The highest BCUT2D eigenvalue weighted by Gasteiger charge is 2.52. The minimum absolute atomic E-state index is 0.143. The number of aliphatic hydroxyl groups is 6. The van der Waals surface area contributed by atoms with Crippen LogP contribution < -0.4 is 0 Å². The lowest BCUT2D eigenvalue weighted by atomic mass is 9.50. The van der Waals surface area contributed by atoms with Crippen molar-refractivity contribution in [1.29, 1.82) is 0 Å². The molecule has 28 heavy (non-hydrogen) atoms. The SMILES string of the molecule is CC1=C(COC(C(O)CO)C(O)C(O)CO)C2(C)CCCC(C)(CO)C2CC1. The van der Waals surface area contributed by atoms with Gasteiger partial charge in [0.05, 0.1) is 19.8 Å². The second-order valence-corrected chi connectivity index (χ2v) is 9.20. The van der Waals surface area contributed by atoms with Crippen molar-refractivity contribution in [2.45, 2.75) is 77.3 Å². The molecule has 0 saturated heterocycles. The molecule has 7 unspecified atom stereocenters. The van der Waals surface area contributed by atoms with E-state index in [4.69, 9.17) is 9.84 Å². The quantitative estimate of drug-likeness (QED) is 0.307. The summed E-state index contributed by atoms with van der Waals surface area (Å²) in [7, 11) is 0. The molecule has 0 aromatic carbocycles. The number of allylic oxidation sites excluding steroid dienone is 1. The Bertz CT molecular complexity index is 551. The first-order valence-electron chi connectivity index (χ1n) is 10.3. The highest BCUT2D eigenvalue weighted by atomic mass is 16.5. The van der Waals surface area contributed by atoms with Crippen LogP contribution in [0.1, 0.15) is 52.9 Å². The predicted octanol–water partition coefficient (Wildman–Crippen LogP) is 0.354. The molecule has 164 valence electrons. The van der Waals surface area contributed by atoms with Crippen molar-refractivity contribution in [3.8, 4) is 0 Å². The fourth-order valence-electron chi connectivity index (χ4n) is 5.53. The van der Waals surface area contributed by atoms with Gasteiger partial charge in [-0.1, -0.05) is 25.8 Å². The van der Waals surface area contributed by atoms with Crippen LogP contribution in [0.25, 0.3) is 0 Å². The minimum Gasteiger partial charge on any atom is -0.396 e. The van der Waals surface area contributed by atoms with E-state index in [1.54, 1.807) is 0 Å². The van der Waals surface area contributed by atoms with Gasteiger partial charge < -0.3 is 35.4 Å². The fourth-order valence-corrected chi connectivity index (χ4v) is 5.53. The van der Waals surface area contributed by atoms with E-state index >= 15 is 0 Å². The van der Waals surface area contributed by atoms with Gasteiger partial charge in [-0.05, 0) is 54.9 Å². The number of fused-ring (bicyclic) bond motifs is 1. The first kappa shape index (κ1) is 23.7. The van der Waals surface area contributed by atoms with Crippen LogP contribution in [0.3, 0.4) is 0 Å². The zero-order chi connectivity index (χ0) is 21.1. The first-order valence-corrected chi connectivity index (χ1v) is 10.3. The van der Waals surface area contributed by atoms with Crippen LogP contribution in [0.15, 0.2) is 11.1 Å². The summed E-state index contributed by atoms with van der Waals surface area (Å²) < 4.78 is 5.85. The van der Waals surface area contributed by atoms with Gasteiger partial charge in [-0.15, -0.1) is 0 Å². The van der Waals surface area contributed by atoms with Crippen molar-refractivity contribution in [2.24, 2.45) is 16.7 Å². The van der Waals surface area contributed by atoms with Crippen molar-refractivity contribution in [1.82, 2.24) is 0 Å². The molecule has 0 bridgehead atoms. The molecule has 2 aliphatic rings. The van der Waals surface area contributed by atoms with Gasteiger partial charge in [0.1, 0.15) is 24.4 Å². The largest absolute Gasteiger partial charge is 0.396 e.